The van der Waals surface area contributed by atoms with Gasteiger partial charge in [0.25, 0.3) is 0 Å². The third kappa shape index (κ3) is 3.86. The molecule has 198 valence electrons. The molecule has 38 heavy (non-hydrogen) atoms. The van der Waals surface area contributed by atoms with Crippen LogP contribution in [-0.2, 0) is 28.7 Å². The molecule has 1 heterocycles. The van der Waals surface area contributed by atoms with Crippen molar-refractivity contribution in [2.45, 2.75) is 26.7 Å². The van der Waals surface area contributed by atoms with Crippen LogP contribution in [0, 0.1) is 46.3 Å². The molecule has 0 radical (unpaired) electrons. The third-order valence-electron chi connectivity index (χ3n) is 8.69. The highest BCUT2D eigenvalue weighted by Crippen LogP contribution is 2.58. The van der Waals surface area contributed by atoms with Crippen LogP contribution in [0.1, 0.15) is 47.4 Å². The number of carboxylic acid groups (broad SMARTS) is 2. The van der Waals surface area contributed by atoms with Gasteiger partial charge in [-0.2, -0.15) is 0 Å². The highest BCUT2D eigenvalue weighted by Gasteiger charge is 2.62. The van der Waals surface area contributed by atoms with E-state index in [2.05, 4.69) is 4.74 Å². The number of fused-ring (bicyclic) bond motifs is 5. The van der Waals surface area contributed by atoms with Crippen molar-refractivity contribution in [3.63, 3.8) is 0 Å². The zero-order valence-electron chi connectivity index (χ0n) is 20.7. The summed E-state index contributed by atoms with van der Waals surface area (Å²) in [4.78, 5) is 70.6. The molecule has 0 aromatic heterocycles. The lowest BCUT2D eigenvalue weighted by molar-refractivity contribution is -0.175. The molecule has 0 saturated heterocycles. The van der Waals surface area contributed by atoms with E-state index < -0.39 is 70.3 Å². The lowest BCUT2D eigenvalue weighted by Crippen LogP contribution is -2.43. The minimum Gasteiger partial charge on any atom is -0.481 e. The van der Waals surface area contributed by atoms with Crippen molar-refractivity contribution in [2.24, 2.45) is 46.3 Å². The van der Waals surface area contributed by atoms with Gasteiger partial charge in [0.1, 0.15) is 0 Å². The fraction of sp³-hybridized carbons (Fsp3) is 0.429. The fourth-order valence-corrected chi connectivity index (χ4v) is 6.99. The lowest BCUT2D eigenvalue weighted by Gasteiger charge is -2.32. The largest absolute Gasteiger partial charge is 0.481 e. The van der Waals surface area contributed by atoms with Crippen LogP contribution in [0.2, 0.25) is 0 Å². The van der Waals surface area contributed by atoms with Crippen molar-refractivity contribution in [2.75, 3.05) is 0 Å². The van der Waals surface area contributed by atoms with E-state index in [1.807, 2.05) is 24.3 Å². The van der Waals surface area contributed by atoms with Gasteiger partial charge in [-0.1, -0.05) is 50.3 Å². The summed E-state index contributed by atoms with van der Waals surface area (Å²) in [5, 5.41) is 19.1. The molecule has 8 unspecified atom stereocenters. The van der Waals surface area contributed by atoms with Gasteiger partial charge < -0.3 is 19.7 Å². The monoisotopic (exact) mass is 522 g/mol. The first-order chi connectivity index (χ1) is 17.9. The number of cyclic esters (lactones) is 2. The first-order valence-corrected chi connectivity index (χ1v) is 12.3. The molecule has 0 amide bonds. The smallest absolute Gasteiger partial charge is 0.346 e. The Morgan fingerprint density at radius 1 is 0.789 bits per heavy atom. The van der Waals surface area contributed by atoms with E-state index in [0.29, 0.717) is 24.0 Å². The number of hydrogen-bond donors (Lipinski definition) is 2. The van der Waals surface area contributed by atoms with Crippen LogP contribution in [0.5, 0.6) is 0 Å². The molecule has 10 heteroatoms. The van der Waals surface area contributed by atoms with Crippen molar-refractivity contribution >= 4 is 35.8 Å². The summed E-state index contributed by atoms with van der Waals surface area (Å²) in [6, 6.07) is 6.53. The van der Waals surface area contributed by atoms with Crippen LogP contribution in [0.4, 0.5) is 0 Å². The number of rotatable bonds is 4. The minimum absolute atomic E-state index is 0.255. The van der Waals surface area contributed by atoms with Gasteiger partial charge in [0.05, 0.1) is 34.8 Å². The third-order valence-corrected chi connectivity index (χ3v) is 8.69. The predicted octanol–water partition coefficient (Wildman–Crippen LogP) is 2.88. The second-order valence-electron chi connectivity index (χ2n) is 11.1. The number of carboxylic acids is 2. The van der Waals surface area contributed by atoms with Crippen LogP contribution in [0.3, 0.4) is 0 Å². The average molecular weight is 523 g/mol. The Kier molecular flexibility index (Phi) is 5.89. The summed E-state index contributed by atoms with van der Waals surface area (Å²) in [5.74, 6) is -9.24. The lowest BCUT2D eigenvalue weighted by atomic mass is 9.74. The zero-order chi connectivity index (χ0) is 27.6. The molecule has 1 aromatic carbocycles. The van der Waals surface area contributed by atoms with Crippen molar-refractivity contribution in [3.05, 3.63) is 59.7 Å². The van der Waals surface area contributed by atoms with E-state index in [0.717, 1.165) is 0 Å². The molecule has 2 fully saturated rings. The first-order valence-electron chi connectivity index (χ1n) is 12.3. The SMILES string of the molecule is CC12C=CC(C1)C(C(=O)O)C2C(=O)OC(=O)C1C(C(=O)O)C2C=CC1(C)C2.O=C1OC(=O)c2ccccc21. The molecule has 0 spiro atoms. The van der Waals surface area contributed by atoms with Crippen molar-refractivity contribution in [1.82, 2.24) is 0 Å². The molecule has 5 aliphatic rings. The van der Waals surface area contributed by atoms with Crippen molar-refractivity contribution in [3.8, 4) is 0 Å². The molecule has 6 rings (SSSR count). The van der Waals surface area contributed by atoms with E-state index >= 15 is 0 Å². The van der Waals surface area contributed by atoms with Gasteiger partial charge in [0.15, 0.2) is 0 Å². The number of allylic oxidation sites excluding steroid dienone is 4. The Morgan fingerprint density at radius 3 is 1.55 bits per heavy atom. The molecule has 8 atom stereocenters. The normalized spacial score (nSPS) is 36.9. The number of aliphatic carboxylic acids is 2. The Hall–Kier alpha value is -4.08. The maximum atomic E-state index is 12.8. The molecule has 1 aromatic rings. The van der Waals surface area contributed by atoms with E-state index in [1.54, 1.807) is 38.1 Å². The average Bonchev–Trinajstić information content (AvgIpc) is 3.63. The summed E-state index contributed by atoms with van der Waals surface area (Å²) in [6.07, 6.45) is 8.34. The quantitative estimate of drug-likeness (QED) is 0.342. The van der Waals surface area contributed by atoms with Gasteiger partial charge in [-0.25, -0.2) is 9.59 Å². The molecule has 2 N–H and O–H groups in total. The Balaban J connectivity index is 0.000000222. The summed E-state index contributed by atoms with van der Waals surface area (Å²) >= 11 is 0. The minimum atomic E-state index is -1.08. The van der Waals surface area contributed by atoms with Gasteiger partial charge in [-0.05, 0) is 36.8 Å². The summed E-state index contributed by atoms with van der Waals surface area (Å²) in [7, 11) is 0. The Bertz CT molecular complexity index is 1240. The number of ether oxygens (including phenoxy) is 2. The highest BCUT2D eigenvalue weighted by atomic mass is 16.6. The van der Waals surface area contributed by atoms with E-state index in [9.17, 15) is 39.0 Å². The van der Waals surface area contributed by atoms with Crippen molar-refractivity contribution < 1.29 is 48.5 Å². The molecule has 4 bridgehead atoms. The standard InChI is InChI=1S/C20H22O7.C8H4O3/c1-19-5-3-9(7-19)11(15(21)22)13(19)17(25)27-18(26)14-12(16(23)24)10-4-6-20(14,2)8-10;9-7-5-3-1-2-4-6(5)8(10)11-7/h3-6,9-14H,7-8H2,1-2H3,(H,21,22)(H,23,24);1-4H. The Morgan fingerprint density at radius 2 is 1.18 bits per heavy atom. The topological polar surface area (TPSA) is 161 Å². The predicted molar refractivity (Wildman–Crippen MR) is 127 cm³/mol. The summed E-state index contributed by atoms with van der Waals surface area (Å²) in [5.41, 5.74) is -0.596. The van der Waals surface area contributed by atoms with Gasteiger partial charge in [-0.3, -0.25) is 19.2 Å². The van der Waals surface area contributed by atoms with E-state index in [1.165, 1.54) is 0 Å². The fourth-order valence-electron chi connectivity index (χ4n) is 6.99. The van der Waals surface area contributed by atoms with Gasteiger partial charge in [0, 0.05) is 10.8 Å². The first kappa shape index (κ1) is 25.6. The number of benzene rings is 1. The number of carbonyl (C=O) groups excluding carboxylic acids is 4. The summed E-state index contributed by atoms with van der Waals surface area (Å²) in [6.45, 7) is 3.59. The maximum absolute atomic E-state index is 12.8. The number of carbonyl (C=O) groups is 6. The van der Waals surface area contributed by atoms with E-state index in [4.69, 9.17) is 4.74 Å². The Labute approximate surface area is 217 Å². The van der Waals surface area contributed by atoms with Gasteiger partial charge >= 0.3 is 35.8 Å². The van der Waals surface area contributed by atoms with Crippen LogP contribution >= 0.6 is 0 Å². The molecular weight excluding hydrogens is 496 g/mol. The van der Waals surface area contributed by atoms with Gasteiger partial charge in [0.2, 0.25) is 0 Å². The maximum Gasteiger partial charge on any atom is 0.346 e. The van der Waals surface area contributed by atoms with Crippen LogP contribution < -0.4 is 0 Å². The van der Waals surface area contributed by atoms with Crippen LogP contribution in [0.25, 0.3) is 0 Å². The summed E-state index contributed by atoms with van der Waals surface area (Å²) < 4.78 is 9.50. The van der Waals surface area contributed by atoms with Crippen LogP contribution in [0.15, 0.2) is 48.6 Å². The molecule has 10 nitrogen and oxygen atoms in total. The second kappa shape index (κ2) is 8.75. The number of hydrogen-bond acceptors (Lipinski definition) is 8. The van der Waals surface area contributed by atoms with Crippen molar-refractivity contribution in [1.29, 1.82) is 0 Å². The van der Waals surface area contributed by atoms with E-state index in [-0.39, 0.29) is 11.8 Å². The zero-order valence-corrected chi connectivity index (χ0v) is 20.7. The molecule has 2 saturated carbocycles. The van der Waals surface area contributed by atoms with Gasteiger partial charge in [-0.15, -0.1) is 0 Å². The molecule has 4 aliphatic carbocycles. The highest BCUT2D eigenvalue weighted by molar-refractivity contribution is 6.14. The second-order valence-corrected chi connectivity index (χ2v) is 11.1. The number of esters is 4. The van der Waals surface area contributed by atoms with Crippen LogP contribution in [-0.4, -0.2) is 46.0 Å². The molecule has 1 aliphatic heterocycles. The molecular formula is C28H26O10.